The summed E-state index contributed by atoms with van der Waals surface area (Å²) in [6.07, 6.45) is 4.72. The highest BCUT2D eigenvalue weighted by molar-refractivity contribution is 6.03. The minimum Gasteiger partial charge on any atom is -0.359 e. The van der Waals surface area contributed by atoms with Gasteiger partial charge in [-0.25, -0.2) is 5.01 Å². The second-order valence-corrected chi connectivity index (χ2v) is 7.83. The lowest BCUT2D eigenvalue weighted by molar-refractivity contribution is 0.0692. The fourth-order valence-electron chi connectivity index (χ4n) is 4.28. The van der Waals surface area contributed by atoms with Crippen molar-refractivity contribution in [2.24, 2.45) is 5.10 Å². The number of nitrogens with one attached hydrogen (secondary N) is 1. The van der Waals surface area contributed by atoms with E-state index in [1.807, 2.05) is 84.9 Å². The molecule has 1 aliphatic heterocycles. The van der Waals surface area contributed by atoms with E-state index in [0.717, 1.165) is 38.6 Å². The van der Waals surface area contributed by atoms with Crippen LogP contribution in [0.4, 0.5) is 5.69 Å². The molecule has 0 saturated heterocycles. The van der Waals surface area contributed by atoms with Crippen LogP contribution < -0.4 is 5.32 Å². The van der Waals surface area contributed by atoms with Crippen LogP contribution >= 0.6 is 0 Å². The van der Waals surface area contributed by atoms with Gasteiger partial charge in [0.15, 0.2) is 6.17 Å². The van der Waals surface area contributed by atoms with Crippen LogP contribution in [0.3, 0.4) is 0 Å². The Balaban J connectivity index is 1.50. The van der Waals surface area contributed by atoms with Crippen LogP contribution in [0.1, 0.15) is 27.7 Å². The molecular weight excluding hydrogens is 410 g/mol. The van der Waals surface area contributed by atoms with E-state index >= 15 is 0 Å². The van der Waals surface area contributed by atoms with E-state index < -0.39 is 6.17 Å². The first-order valence-electron chi connectivity index (χ1n) is 10.7. The summed E-state index contributed by atoms with van der Waals surface area (Å²) in [6, 6.07) is 27.2. The third-order valence-corrected chi connectivity index (χ3v) is 5.85. The number of aromatic nitrogens is 2. The van der Waals surface area contributed by atoms with Gasteiger partial charge in [-0.2, -0.15) is 5.10 Å². The summed E-state index contributed by atoms with van der Waals surface area (Å²) in [5.74, 6) is -0.174. The molecule has 0 saturated carbocycles. The van der Waals surface area contributed by atoms with Gasteiger partial charge in [0.25, 0.3) is 5.91 Å². The quantitative estimate of drug-likeness (QED) is 0.391. The maximum Gasteiger partial charge on any atom is 0.278 e. The Morgan fingerprint density at radius 1 is 0.788 bits per heavy atom. The molecule has 33 heavy (non-hydrogen) atoms. The van der Waals surface area contributed by atoms with Crippen LogP contribution in [-0.2, 0) is 0 Å². The van der Waals surface area contributed by atoms with Crippen molar-refractivity contribution in [1.29, 1.82) is 0 Å². The van der Waals surface area contributed by atoms with Gasteiger partial charge in [-0.15, -0.1) is 0 Å². The maximum atomic E-state index is 13.6. The molecule has 3 heterocycles. The normalized spacial score (nSPS) is 15.7. The molecule has 1 atom stereocenters. The molecule has 0 radical (unpaired) electrons. The Hall–Kier alpha value is -4.58. The molecular formula is C27H19N5O. The monoisotopic (exact) mass is 429 g/mol. The Morgan fingerprint density at radius 2 is 1.48 bits per heavy atom. The molecule has 0 aliphatic carbocycles. The molecule has 2 aromatic heterocycles. The topological polar surface area (TPSA) is 70.5 Å². The average Bonchev–Trinajstić information content (AvgIpc) is 2.88. The molecule has 1 N–H and O–H groups in total. The third kappa shape index (κ3) is 3.29. The molecule has 0 fully saturated rings. The lowest BCUT2D eigenvalue weighted by Crippen LogP contribution is -2.39. The second-order valence-electron chi connectivity index (χ2n) is 7.83. The molecule has 1 amide bonds. The van der Waals surface area contributed by atoms with Gasteiger partial charge in [0, 0.05) is 40.0 Å². The van der Waals surface area contributed by atoms with Gasteiger partial charge in [-0.1, -0.05) is 60.7 Å². The van der Waals surface area contributed by atoms with Crippen molar-refractivity contribution in [2.75, 3.05) is 5.32 Å². The van der Waals surface area contributed by atoms with Crippen LogP contribution in [0.2, 0.25) is 0 Å². The van der Waals surface area contributed by atoms with Gasteiger partial charge in [0.1, 0.15) is 0 Å². The zero-order chi connectivity index (χ0) is 22.2. The van der Waals surface area contributed by atoms with E-state index in [0.29, 0.717) is 5.56 Å². The van der Waals surface area contributed by atoms with Crippen LogP contribution in [0.25, 0.3) is 21.8 Å². The highest BCUT2D eigenvalue weighted by Crippen LogP contribution is 2.35. The molecule has 0 bridgehead atoms. The van der Waals surface area contributed by atoms with Gasteiger partial charge in [0.05, 0.1) is 22.8 Å². The SMILES string of the molecule is O=C1c2ccccc2N[C@@H](c2cccc3cccnc23)N1N=Cc1cccc2cccnc12. The number of amides is 1. The van der Waals surface area contributed by atoms with Crippen molar-refractivity contribution in [3.05, 3.63) is 114 Å². The molecule has 6 heteroatoms. The van der Waals surface area contributed by atoms with Gasteiger partial charge in [0.2, 0.25) is 0 Å². The zero-order valence-corrected chi connectivity index (χ0v) is 17.6. The van der Waals surface area contributed by atoms with Crippen molar-refractivity contribution in [3.63, 3.8) is 0 Å². The number of carbonyl (C=O) groups is 1. The highest BCUT2D eigenvalue weighted by Gasteiger charge is 2.34. The first-order valence-corrected chi connectivity index (χ1v) is 10.7. The summed E-state index contributed by atoms with van der Waals surface area (Å²) < 4.78 is 0. The first-order chi connectivity index (χ1) is 16.3. The highest BCUT2D eigenvalue weighted by atomic mass is 16.2. The summed E-state index contributed by atoms with van der Waals surface area (Å²) in [5, 5.41) is 11.7. The number of hydrazone groups is 1. The van der Waals surface area contributed by atoms with Crippen molar-refractivity contribution >= 4 is 39.6 Å². The molecule has 6 nitrogen and oxygen atoms in total. The number of nitrogens with zero attached hydrogens (tertiary/aromatic N) is 4. The van der Waals surface area contributed by atoms with E-state index in [9.17, 15) is 4.79 Å². The molecule has 3 aromatic carbocycles. The minimum absolute atomic E-state index is 0.174. The smallest absolute Gasteiger partial charge is 0.278 e. The summed E-state index contributed by atoms with van der Waals surface area (Å²) in [4.78, 5) is 22.6. The number of rotatable bonds is 3. The molecule has 1 aliphatic rings. The maximum absolute atomic E-state index is 13.6. The van der Waals surface area contributed by atoms with Gasteiger partial charge < -0.3 is 5.32 Å². The average molecular weight is 429 g/mol. The van der Waals surface area contributed by atoms with Gasteiger partial charge in [-0.3, -0.25) is 14.8 Å². The Morgan fingerprint density at radius 3 is 2.33 bits per heavy atom. The lowest BCUT2D eigenvalue weighted by Gasteiger charge is -2.34. The second kappa shape index (κ2) is 7.84. The minimum atomic E-state index is -0.509. The van der Waals surface area contributed by atoms with Crippen LogP contribution in [0, 0.1) is 0 Å². The number of benzene rings is 3. The third-order valence-electron chi connectivity index (χ3n) is 5.85. The van der Waals surface area contributed by atoms with E-state index in [-0.39, 0.29) is 5.91 Å². The number of para-hydroxylation sites is 3. The van der Waals surface area contributed by atoms with Crippen molar-refractivity contribution in [2.45, 2.75) is 6.17 Å². The fraction of sp³-hybridized carbons (Fsp3) is 0.0370. The molecule has 5 aromatic rings. The summed E-state index contributed by atoms with van der Waals surface area (Å²) in [5.41, 5.74) is 4.74. The van der Waals surface area contributed by atoms with Crippen molar-refractivity contribution in [3.8, 4) is 0 Å². The Kier molecular flexibility index (Phi) is 4.54. The fourth-order valence-corrected chi connectivity index (χ4v) is 4.28. The van der Waals surface area contributed by atoms with Crippen LogP contribution in [0.15, 0.2) is 102 Å². The number of hydrogen-bond donors (Lipinski definition) is 1. The predicted molar refractivity (Wildman–Crippen MR) is 130 cm³/mol. The van der Waals surface area contributed by atoms with E-state index in [2.05, 4.69) is 20.4 Å². The molecule has 0 spiro atoms. The zero-order valence-electron chi connectivity index (χ0n) is 17.6. The van der Waals surface area contributed by atoms with Crippen LogP contribution in [0.5, 0.6) is 0 Å². The molecule has 6 rings (SSSR count). The van der Waals surface area contributed by atoms with Gasteiger partial charge >= 0.3 is 0 Å². The number of carbonyl (C=O) groups excluding carboxylic acids is 1. The number of anilines is 1. The van der Waals surface area contributed by atoms with Crippen molar-refractivity contribution < 1.29 is 4.79 Å². The van der Waals surface area contributed by atoms with E-state index in [1.165, 1.54) is 5.01 Å². The predicted octanol–water partition coefficient (Wildman–Crippen LogP) is 5.38. The van der Waals surface area contributed by atoms with E-state index in [4.69, 9.17) is 0 Å². The standard InChI is InChI=1S/C27H19N5O/c33-27-21-12-1-2-14-23(21)31-26(22-13-4-8-19-11-6-16-29-25(19)22)32(27)30-17-20-9-3-7-18-10-5-15-28-24(18)20/h1-17,26,31H/t26-/m1/s1. The summed E-state index contributed by atoms with van der Waals surface area (Å²) >= 11 is 0. The first kappa shape index (κ1) is 19.1. The summed E-state index contributed by atoms with van der Waals surface area (Å²) in [7, 11) is 0. The Bertz CT molecular complexity index is 1530. The summed E-state index contributed by atoms with van der Waals surface area (Å²) in [6.45, 7) is 0. The molecule has 0 unspecified atom stereocenters. The van der Waals surface area contributed by atoms with Crippen LogP contribution in [-0.4, -0.2) is 27.1 Å². The number of hydrogen-bond acceptors (Lipinski definition) is 5. The van der Waals surface area contributed by atoms with E-state index in [1.54, 1.807) is 18.6 Å². The largest absolute Gasteiger partial charge is 0.359 e. The number of fused-ring (bicyclic) bond motifs is 3. The number of pyridine rings is 2. The van der Waals surface area contributed by atoms with Crippen molar-refractivity contribution in [1.82, 2.24) is 15.0 Å². The molecule has 158 valence electrons. The lowest BCUT2D eigenvalue weighted by atomic mass is 10.0. The Labute approximate surface area is 190 Å². The van der Waals surface area contributed by atoms with Gasteiger partial charge in [-0.05, 0) is 24.3 Å².